The summed E-state index contributed by atoms with van der Waals surface area (Å²) in [6.07, 6.45) is -8.12. The fourth-order valence-electron chi connectivity index (χ4n) is 1.89. The molecule has 0 aliphatic rings. The predicted octanol–water partition coefficient (Wildman–Crippen LogP) is 3.99. The van der Waals surface area contributed by atoms with E-state index in [-0.39, 0.29) is 13.0 Å². The highest BCUT2D eigenvalue weighted by Gasteiger charge is 2.40. The molecule has 0 spiro atoms. The molecule has 1 N–H and O–H groups in total. The van der Waals surface area contributed by atoms with E-state index >= 15 is 0 Å². The molecule has 0 unspecified atom stereocenters. The molecule has 0 amide bonds. The van der Waals surface area contributed by atoms with E-state index in [4.69, 9.17) is 9.84 Å². The van der Waals surface area contributed by atoms with E-state index < -0.39 is 46.8 Å². The Hall–Kier alpha value is -2.26. The lowest BCUT2D eigenvalue weighted by Crippen LogP contribution is -2.17. The number of pyridine rings is 1. The molecule has 128 valence electrons. The van der Waals surface area contributed by atoms with Crippen molar-refractivity contribution < 1.29 is 36.6 Å². The van der Waals surface area contributed by atoms with Gasteiger partial charge >= 0.3 is 12.1 Å². The van der Waals surface area contributed by atoms with Gasteiger partial charge in [0.25, 0.3) is 6.43 Å². The number of halogens is 5. The van der Waals surface area contributed by atoms with Gasteiger partial charge in [-0.25, -0.2) is 23.6 Å². The Morgan fingerprint density at radius 1 is 1.39 bits per heavy atom. The van der Waals surface area contributed by atoms with Crippen LogP contribution in [-0.4, -0.2) is 29.1 Å². The van der Waals surface area contributed by atoms with Crippen LogP contribution in [0.25, 0.3) is 0 Å². The molecule has 0 saturated heterocycles. The fourth-order valence-corrected chi connectivity index (χ4v) is 1.89. The summed E-state index contributed by atoms with van der Waals surface area (Å²) in [5.74, 6) is -1.80. The topological polar surface area (TPSA) is 71.8 Å². The third-order valence-electron chi connectivity index (χ3n) is 2.77. The van der Waals surface area contributed by atoms with Crippen molar-refractivity contribution in [3.63, 3.8) is 0 Å². The van der Waals surface area contributed by atoms with Crippen LogP contribution in [0.1, 0.15) is 47.6 Å². The van der Waals surface area contributed by atoms with Crippen molar-refractivity contribution in [1.29, 1.82) is 0 Å². The second-order valence-electron chi connectivity index (χ2n) is 4.19. The Morgan fingerprint density at radius 3 is 2.39 bits per heavy atom. The Labute approximate surface area is 127 Å². The molecule has 1 rings (SSSR count). The van der Waals surface area contributed by atoms with Gasteiger partial charge in [-0.2, -0.15) is 13.2 Å². The summed E-state index contributed by atoms with van der Waals surface area (Å²) >= 11 is 0. The number of carboxylic acids is 1. The van der Waals surface area contributed by atoms with Crippen molar-refractivity contribution in [2.75, 3.05) is 6.61 Å². The highest BCUT2D eigenvalue weighted by Crippen LogP contribution is 2.41. The number of alkyl halides is 5. The Bertz CT molecular complexity index is 615. The number of hydrogen-bond acceptors (Lipinski definition) is 4. The highest BCUT2D eigenvalue weighted by atomic mass is 19.4. The first-order valence-electron chi connectivity index (χ1n) is 6.44. The SMILES string of the molecule is CCOC=Nc1c(C(F)(F)F)nc(C(F)F)c(C(=O)O)c1CC. The second kappa shape index (κ2) is 7.34. The number of hydrogen-bond donors (Lipinski definition) is 1. The van der Waals surface area contributed by atoms with Gasteiger partial charge in [0.2, 0.25) is 0 Å². The van der Waals surface area contributed by atoms with Gasteiger partial charge in [-0.15, -0.1) is 0 Å². The third kappa shape index (κ3) is 4.14. The first-order valence-corrected chi connectivity index (χ1v) is 6.44. The van der Waals surface area contributed by atoms with Crippen LogP contribution in [0, 0.1) is 0 Å². The molecule has 0 radical (unpaired) electrons. The van der Waals surface area contributed by atoms with E-state index in [1.165, 1.54) is 6.92 Å². The molecule has 0 aliphatic carbocycles. The van der Waals surface area contributed by atoms with Crippen LogP contribution in [0.3, 0.4) is 0 Å². The zero-order valence-electron chi connectivity index (χ0n) is 12.1. The lowest BCUT2D eigenvalue weighted by atomic mass is 10.00. The maximum absolute atomic E-state index is 13.1. The Morgan fingerprint density at radius 2 is 2.00 bits per heavy atom. The van der Waals surface area contributed by atoms with Gasteiger partial charge < -0.3 is 9.84 Å². The van der Waals surface area contributed by atoms with E-state index in [1.807, 2.05) is 0 Å². The van der Waals surface area contributed by atoms with Crippen LogP contribution in [0.15, 0.2) is 4.99 Å². The minimum Gasteiger partial charge on any atom is -0.483 e. The zero-order chi connectivity index (χ0) is 17.8. The van der Waals surface area contributed by atoms with E-state index in [0.29, 0.717) is 6.40 Å². The quantitative estimate of drug-likeness (QED) is 0.483. The van der Waals surface area contributed by atoms with Gasteiger partial charge in [0.05, 0.1) is 12.2 Å². The summed E-state index contributed by atoms with van der Waals surface area (Å²) in [6, 6.07) is 0. The molecule has 0 aromatic carbocycles. The lowest BCUT2D eigenvalue weighted by molar-refractivity contribution is -0.140. The largest absolute Gasteiger partial charge is 0.483 e. The van der Waals surface area contributed by atoms with Crippen molar-refractivity contribution in [3.05, 3.63) is 22.5 Å². The van der Waals surface area contributed by atoms with Crippen molar-refractivity contribution in [2.45, 2.75) is 32.9 Å². The normalized spacial score (nSPS) is 12.2. The van der Waals surface area contributed by atoms with E-state index in [0.717, 1.165) is 0 Å². The van der Waals surface area contributed by atoms with Crippen LogP contribution in [0.4, 0.5) is 27.6 Å². The summed E-state index contributed by atoms with van der Waals surface area (Å²) in [5.41, 5.74) is -5.40. The van der Waals surface area contributed by atoms with Crippen molar-refractivity contribution in [1.82, 2.24) is 4.98 Å². The second-order valence-corrected chi connectivity index (χ2v) is 4.19. The summed E-state index contributed by atoms with van der Waals surface area (Å²) in [7, 11) is 0. The molecule has 10 heteroatoms. The molecular formula is C13H13F5N2O3. The van der Waals surface area contributed by atoms with Crippen molar-refractivity contribution in [3.8, 4) is 0 Å². The molecule has 1 aromatic heterocycles. The van der Waals surface area contributed by atoms with Gasteiger partial charge in [0.1, 0.15) is 11.4 Å². The Kier molecular flexibility index (Phi) is 5.99. The maximum Gasteiger partial charge on any atom is 0.435 e. The average molecular weight is 340 g/mol. The van der Waals surface area contributed by atoms with Crippen LogP contribution < -0.4 is 0 Å². The molecule has 0 bridgehead atoms. The van der Waals surface area contributed by atoms with E-state index in [1.54, 1.807) is 6.92 Å². The molecule has 0 aliphatic heterocycles. The fraction of sp³-hybridized carbons (Fsp3) is 0.462. The monoisotopic (exact) mass is 340 g/mol. The first kappa shape index (κ1) is 18.8. The number of aromatic carboxylic acids is 1. The number of carbonyl (C=O) groups is 1. The number of ether oxygens (including phenoxy) is 1. The first-order chi connectivity index (χ1) is 10.6. The minimum absolute atomic E-state index is 0.112. The van der Waals surface area contributed by atoms with Crippen LogP contribution in [0.2, 0.25) is 0 Å². The molecule has 1 aromatic rings. The van der Waals surface area contributed by atoms with Gasteiger partial charge in [0.15, 0.2) is 12.1 Å². The number of carboxylic acid groups (broad SMARTS) is 1. The van der Waals surface area contributed by atoms with Crippen LogP contribution >= 0.6 is 0 Å². The van der Waals surface area contributed by atoms with Crippen LogP contribution in [-0.2, 0) is 17.3 Å². The van der Waals surface area contributed by atoms with Gasteiger partial charge in [-0.1, -0.05) is 6.92 Å². The standard InChI is InChI=1S/C13H13F5N2O3/c1-3-6-7(12(21)22)9(11(14)15)20-10(13(16,17)18)8(6)19-5-23-4-2/h5,11H,3-4H2,1-2H3,(H,21,22). The maximum atomic E-state index is 13.1. The molecule has 0 fully saturated rings. The molecule has 1 heterocycles. The number of nitrogens with zero attached hydrogens (tertiary/aromatic N) is 2. The van der Waals surface area contributed by atoms with E-state index in [2.05, 4.69) is 9.98 Å². The van der Waals surface area contributed by atoms with Gasteiger partial charge in [-0.3, -0.25) is 0 Å². The zero-order valence-corrected chi connectivity index (χ0v) is 12.1. The molecule has 0 atom stereocenters. The molecular weight excluding hydrogens is 327 g/mol. The molecule has 0 saturated carbocycles. The van der Waals surface area contributed by atoms with Crippen LogP contribution in [0.5, 0.6) is 0 Å². The highest BCUT2D eigenvalue weighted by molar-refractivity contribution is 5.93. The van der Waals surface area contributed by atoms with Gasteiger partial charge in [0, 0.05) is 0 Å². The lowest BCUT2D eigenvalue weighted by Gasteiger charge is -2.17. The minimum atomic E-state index is -5.08. The Balaban J connectivity index is 3.82. The summed E-state index contributed by atoms with van der Waals surface area (Å²) < 4.78 is 69.9. The third-order valence-corrected chi connectivity index (χ3v) is 2.77. The predicted molar refractivity (Wildman–Crippen MR) is 70.3 cm³/mol. The number of aromatic nitrogens is 1. The smallest absolute Gasteiger partial charge is 0.435 e. The number of rotatable bonds is 6. The molecule has 5 nitrogen and oxygen atoms in total. The van der Waals surface area contributed by atoms with E-state index in [9.17, 15) is 26.7 Å². The average Bonchev–Trinajstić information content (AvgIpc) is 2.44. The number of aliphatic imine (C=N–C) groups is 1. The summed E-state index contributed by atoms with van der Waals surface area (Å²) in [4.78, 5) is 17.5. The summed E-state index contributed by atoms with van der Waals surface area (Å²) in [5, 5.41) is 9.08. The summed E-state index contributed by atoms with van der Waals surface area (Å²) in [6.45, 7) is 3.00. The van der Waals surface area contributed by atoms with Crippen molar-refractivity contribution >= 4 is 18.1 Å². The van der Waals surface area contributed by atoms with Gasteiger partial charge in [-0.05, 0) is 18.9 Å². The van der Waals surface area contributed by atoms with Crippen molar-refractivity contribution in [2.24, 2.45) is 4.99 Å². The molecule has 23 heavy (non-hydrogen) atoms.